The molecular formula is C14H15Cl2NO3S. The quantitative estimate of drug-likeness (QED) is 0.772. The molecule has 1 heterocycles. The Morgan fingerprint density at radius 1 is 1.14 bits per heavy atom. The summed E-state index contributed by atoms with van der Waals surface area (Å²) in [5.74, 6) is 1.00. The van der Waals surface area contributed by atoms with Crippen molar-refractivity contribution in [1.29, 1.82) is 0 Å². The van der Waals surface area contributed by atoms with Gasteiger partial charge in [0.15, 0.2) is 0 Å². The molecule has 2 unspecified atom stereocenters. The number of hydrogen-bond donors (Lipinski definition) is 0. The Kier molecular flexibility index (Phi) is 3.93. The van der Waals surface area contributed by atoms with Crippen LogP contribution in [0.2, 0.25) is 5.02 Å². The second-order valence-corrected chi connectivity index (χ2v) is 8.78. The molecule has 2 atom stereocenters. The Labute approximate surface area is 133 Å². The minimum absolute atomic E-state index is 0.139. The van der Waals surface area contributed by atoms with Crippen molar-refractivity contribution in [1.82, 2.24) is 4.90 Å². The molecule has 1 aromatic carbocycles. The number of likely N-dealkylation sites (tertiary alicyclic amines) is 1. The number of amides is 1. The highest BCUT2D eigenvalue weighted by molar-refractivity contribution is 8.13. The van der Waals surface area contributed by atoms with E-state index in [0.29, 0.717) is 11.8 Å². The number of rotatable bonds is 2. The molecule has 1 saturated heterocycles. The van der Waals surface area contributed by atoms with Crippen molar-refractivity contribution in [3.8, 4) is 0 Å². The van der Waals surface area contributed by atoms with E-state index in [9.17, 15) is 13.2 Å². The van der Waals surface area contributed by atoms with Gasteiger partial charge in [0.2, 0.25) is 0 Å². The topological polar surface area (TPSA) is 54.5 Å². The van der Waals surface area contributed by atoms with E-state index in [1.54, 1.807) is 4.90 Å². The van der Waals surface area contributed by atoms with Crippen LogP contribution in [0.4, 0.5) is 0 Å². The zero-order chi connectivity index (χ0) is 15.2. The molecular weight excluding hydrogens is 333 g/mol. The van der Waals surface area contributed by atoms with E-state index < -0.39 is 9.05 Å². The zero-order valence-electron chi connectivity index (χ0n) is 11.3. The molecule has 0 N–H and O–H groups in total. The number of carbonyl (C=O) groups is 1. The van der Waals surface area contributed by atoms with Crippen LogP contribution in [0.25, 0.3) is 0 Å². The molecule has 1 aliphatic heterocycles. The molecule has 1 aliphatic carbocycles. The summed E-state index contributed by atoms with van der Waals surface area (Å²) in [5.41, 5.74) is 0.279. The highest BCUT2D eigenvalue weighted by Gasteiger charge is 2.38. The number of fused-ring (bicyclic) bond motifs is 1. The Balaban J connectivity index is 1.87. The Bertz CT molecular complexity index is 677. The molecule has 0 bridgehead atoms. The predicted molar refractivity (Wildman–Crippen MR) is 81.2 cm³/mol. The fourth-order valence-corrected chi connectivity index (χ4v) is 4.51. The summed E-state index contributed by atoms with van der Waals surface area (Å²) in [6, 6.07) is 4.04. The summed E-state index contributed by atoms with van der Waals surface area (Å²) >= 11 is 5.91. The second kappa shape index (κ2) is 5.45. The van der Waals surface area contributed by atoms with E-state index in [4.69, 9.17) is 22.3 Å². The van der Waals surface area contributed by atoms with E-state index in [1.165, 1.54) is 37.5 Å². The SMILES string of the molecule is O=C(c1cc(Cl)cc(S(=O)(=O)Cl)c1)N1CC2CCCC2C1. The average molecular weight is 348 g/mol. The van der Waals surface area contributed by atoms with Crippen molar-refractivity contribution in [2.24, 2.45) is 11.8 Å². The summed E-state index contributed by atoms with van der Waals surface area (Å²) in [6.07, 6.45) is 3.58. The van der Waals surface area contributed by atoms with Crippen molar-refractivity contribution < 1.29 is 13.2 Å². The van der Waals surface area contributed by atoms with Gasteiger partial charge in [0.25, 0.3) is 15.0 Å². The fourth-order valence-electron chi connectivity index (χ4n) is 3.41. The van der Waals surface area contributed by atoms with Crippen LogP contribution in [0.1, 0.15) is 29.6 Å². The van der Waals surface area contributed by atoms with Crippen LogP contribution in [0, 0.1) is 11.8 Å². The first kappa shape index (κ1) is 15.1. The maximum Gasteiger partial charge on any atom is 0.261 e. The van der Waals surface area contributed by atoms with Crippen LogP contribution >= 0.6 is 22.3 Å². The highest BCUT2D eigenvalue weighted by Crippen LogP contribution is 2.38. The Hall–Kier alpha value is -0.780. The first-order valence-corrected chi connectivity index (χ1v) is 9.58. The molecule has 0 radical (unpaired) electrons. The molecule has 0 aromatic heterocycles. The maximum atomic E-state index is 12.5. The van der Waals surface area contributed by atoms with Gasteiger partial charge in [-0.25, -0.2) is 8.42 Å². The number of halogens is 2. The third-order valence-corrected chi connectivity index (χ3v) is 5.96. The third kappa shape index (κ3) is 3.05. The lowest BCUT2D eigenvalue weighted by Gasteiger charge is -2.17. The van der Waals surface area contributed by atoms with Gasteiger partial charge in [0.05, 0.1) is 4.90 Å². The summed E-state index contributed by atoms with van der Waals surface area (Å²) in [5, 5.41) is 0.194. The molecule has 1 amide bonds. The molecule has 3 rings (SSSR count). The Morgan fingerprint density at radius 2 is 1.76 bits per heavy atom. The highest BCUT2D eigenvalue weighted by atomic mass is 35.7. The number of hydrogen-bond acceptors (Lipinski definition) is 3. The van der Waals surface area contributed by atoms with Crippen LogP contribution in [0.5, 0.6) is 0 Å². The lowest BCUT2D eigenvalue weighted by Crippen LogP contribution is -2.29. The lowest BCUT2D eigenvalue weighted by molar-refractivity contribution is 0.0780. The second-order valence-electron chi connectivity index (χ2n) is 5.77. The number of benzene rings is 1. The maximum absolute atomic E-state index is 12.5. The van der Waals surface area contributed by atoms with E-state index in [1.807, 2.05) is 0 Å². The van der Waals surface area contributed by atoms with Crippen molar-refractivity contribution in [2.45, 2.75) is 24.2 Å². The van der Waals surface area contributed by atoms with Crippen molar-refractivity contribution >= 4 is 37.2 Å². The van der Waals surface area contributed by atoms with Crippen molar-refractivity contribution in [3.63, 3.8) is 0 Å². The first-order chi connectivity index (χ1) is 9.84. The van der Waals surface area contributed by atoms with Crippen molar-refractivity contribution in [3.05, 3.63) is 28.8 Å². The van der Waals surface area contributed by atoms with E-state index in [2.05, 4.69) is 0 Å². The lowest BCUT2D eigenvalue weighted by atomic mass is 10.0. The summed E-state index contributed by atoms with van der Waals surface area (Å²) in [4.78, 5) is 14.2. The largest absolute Gasteiger partial charge is 0.338 e. The van der Waals surface area contributed by atoms with Gasteiger partial charge >= 0.3 is 0 Å². The molecule has 1 aromatic rings. The molecule has 114 valence electrons. The molecule has 7 heteroatoms. The monoisotopic (exact) mass is 347 g/mol. The molecule has 2 fully saturated rings. The van der Waals surface area contributed by atoms with Crippen molar-refractivity contribution in [2.75, 3.05) is 13.1 Å². The molecule has 21 heavy (non-hydrogen) atoms. The normalized spacial score (nSPS) is 25.1. The van der Waals surface area contributed by atoms with Gasteiger partial charge in [0.1, 0.15) is 0 Å². The van der Waals surface area contributed by atoms with Crippen LogP contribution in [0.15, 0.2) is 23.1 Å². The van der Waals surface area contributed by atoms with Crippen LogP contribution in [-0.4, -0.2) is 32.3 Å². The van der Waals surface area contributed by atoms with Gasteiger partial charge in [-0.3, -0.25) is 4.79 Å². The van der Waals surface area contributed by atoms with Gasteiger partial charge in [0, 0.05) is 34.4 Å². The minimum Gasteiger partial charge on any atom is -0.338 e. The van der Waals surface area contributed by atoms with Crippen LogP contribution in [0.3, 0.4) is 0 Å². The number of carbonyl (C=O) groups excluding carboxylic acids is 1. The van der Waals surface area contributed by atoms with Gasteiger partial charge in [-0.05, 0) is 42.9 Å². The summed E-state index contributed by atoms with van der Waals surface area (Å²) in [7, 11) is 1.43. The molecule has 0 spiro atoms. The van der Waals surface area contributed by atoms with E-state index in [0.717, 1.165) is 13.1 Å². The zero-order valence-corrected chi connectivity index (χ0v) is 13.6. The third-order valence-electron chi connectivity index (χ3n) is 4.41. The molecule has 2 aliphatic rings. The standard InChI is InChI=1S/C14H15Cl2NO3S/c15-12-4-11(5-13(6-12)21(16,19)20)14(18)17-7-9-2-1-3-10(9)8-17/h4-6,9-10H,1-3,7-8H2. The van der Waals surface area contributed by atoms with Gasteiger partial charge in [-0.15, -0.1) is 0 Å². The smallest absolute Gasteiger partial charge is 0.261 e. The van der Waals surface area contributed by atoms with E-state index >= 15 is 0 Å². The summed E-state index contributed by atoms with van der Waals surface area (Å²) < 4.78 is 22.8. The number of nitrogens with zero attached hydrogens (tertiary/aromatic N) is 1. The van der Waals surface area contributed by atoms with Gasteiger partial charge < -0.3 is 4.90 Å². The minimum atomic E-state index is -3.90. The average Bonchev–Trinajstić information content (AvgIpc) is 2.96. The van der Waals surface area contributed by atoms with Crippen LogP contribution < -0.4 is 0 Å². The van der Waals surface area contributed by atoms with Crippen LogP contribution in [-0.2, 0) is 9.05 Å². The molecule has 1 saturated carbocycles. The summed E-state index contributed by atoms with van der Waals surface area (Å²) in [6.45, 7) is 1.50. The molecule has 4 nitrogen and oxygen atoms in total. The van der Waals surface area contributed by atoms with Gasteiger partial charge in [-0.1, -0.05) is 18.0 Å². The van der Waals surface area contributed by atoms with E-state index in [-0.39, 0.29) is 21.4 Å². The fraction of sp³-hybridized carbons (Fsp3) is 0.500. The predicted octanol–water partition coefficient (Wildman–Crippen LogP) is 3.14. The van der Waals surface area contributed by atoms with Gasteiger partial charge in [-0.2, -0.15) is 0 Å². The Morgan fingerprint density at radius 3 is 2.33 bits per heavy atom. The first-order valence-electron chi connectivity index (χ1n) is 6.89.